The van der Waals surface area contributed by atoms with Gasteiger partial charge in [0.1, 0.15) is 11.9 Å². The molecule has 0 aliphatic carbocycles. The van der Waals surface area contributed by atoms with Gasteiger partial charge in [0.2, 0.25) is 0 Å². The standard InChI is InChI=1S/C17H18N4O3/c1-10-18-9-15(24-10)12-6-5-11(8-14(12)23-2)16-19-20-17-13(22)4-3-7-21(16)17/h5-6,8-9,13,22H,3-4,7H2,1-2H3. The Balaban J connectivity index is 1.78. The largest absolute Gasteiger partial charge is 0.496 e. The van der Waals surface area contributed by atoms with Gasteiger partial charge >= 0.3 is 0 Å². The summed E-state index contributed by atoms with van der Waals surface area (Å²) in [7, 11) is 1.62. The van der Waals surface area contributed by atoms with Crippen LogP contribution in [0.3, 0.4) is 0 Å². The van der Waals surface area contributed by atoms with E-state index in [0.29, 0.717) is 23.2 Å². The van der Waals surface area contributed by atoms with Gasteiger partial charge in [0.05, 0.1) is 18.9 Å². The Kier molecular flexibility index (Phi) is 3.57. The van der Waals surface area contributed by atoms with E-state index in [1.807, 2.05) is 22.8 Å². The van der Waals surface area contributed by atoms with E-state index >= 15 is 0 Å². The first-order chi connectivity index (χ1) is 11.7. The molecule has 4 rings (SSSR count). The minimum Gasteiger partial charge on any atom is -0.496 e. The van der Waals surface area contributed by atoms with E-state index < -0.39 is 6.10 Å². The Hall–Kier alpha value is -2.67. The smallest absolute Gasteiger partial charge is 0.191 e. The number of aliphatic hydroxyl groups excluding tert-OH is 1. The summed E-state index contributed by atoms with van der Waals surface area (Å²) in [6.45, 7) is 2.61. The van der Waals surface area contributed by atoms with E-state index in [4.69, 9.17) is 9.15 Å². The summed E-state index contributed by atoms with van der Waals surface area (Å²) in [5.74, 6) is 3.32. The maximum Gasteiger partial charge on any atom is 0.191 e. The molecule has 3 heterocycles. The molecule has 3 aromatic rings. The van der Waals surface area contributed by atoms with Gasteiger partial charge in [0.15, 0.2) is 23.3 Å². The Bertz CT molecular complexity index is 884. The van der Waals surface area contributed by atoms with Crippen molar-refractivity contribution in [1.29, 1.82) is 0 Å². The van der Waals surface area contributed by atoms with E-state index in [-0.39, 0.29) is 0 Å². The predicted molar refractivity (Wildman–Crippen MR) is 86.4 cm³/mol. The molecule has 24 heavy (non-hydrogen) atoms. The molecule has 1 aromatic carbocycles. The SMILES string of the molecule is COc1cc(-c2nnc3n2CCCC3O)ccc1-c1cnc(C)o1. The van der Waals surface area contributed by atoms with Crippen LogP contribution in [0.5, 0.6) is 5.75 Å². The molecule has 0 fully saturated rings. The first kappa shape index (κ1) is 14.9. The second-order valence-corrected chi connectivity index (χ2v) is 5.85. The number of benzene rings is 1. The number of ether oxygens (including phenoxy) is 1. The molecule has 1 aliphatic rings. The molecular weight excluding hydrogens is 308 g/mol. The average molecular weight is 326 g/mol. The molecule has 0 saturated heterocycles. The van der Waals surface area contributed by atoms with Crippen LogP contribution in [0.25, 0.3) is 22.7 Å². The summed E-state index contributed by atoms with van der Waals surface area (Å²) < 4.78 is 13.1. The summed E-state index contributed by atoms with van der Waals surface area (Å²) in [4.78, 5) is 4.13. The van der Waals surface area contributed by atoms with Gasteiger partial charge in [-0.2, -0.15) is 0 Å². The summed E-state index contributed by atoms with van der Waals surface area (Å²) in [6.07, 6.45) is 2.78. The molecule has 1 aliphatic heterocycles. The molecule has 7 nitrogen and oxygen atoms in total. The molecule has 124 valence electrons. The highest BCUT2D eigenvalue weighted by Gasteiger charge is 2.24. The monoisotopic (exact) mass is 326 g/mol. The van der Waals surface area contributed by atoms with Gasteiger partial charge in [-0.3, -0.25) is 0 Å². The zero-order valence-electron chi connectivity index (χ0n) is 13.6. The predicted octanol–water partition coefficient (Wildman–Crippen LogP) is 2.74. The van der Waals surface area contributed by atoms with Crippen LogP contribution in [0.15, 0.2) is 28.8 Å². The Morgan fingerprint density at radius 3 is 2.96 bits per heavy atom. The van der Waals surface area contributed by atoms with Gasteiger partial charge in [0, 0.05) is 19.0 Å². The molecule has 0 bridgehead atoms. The maximum atomic E-state index is 10.1. The third-order valence-electron chi connectivity index (χ3n) is 4.28. The number of aryl methyl sites for hydroxylation is 1. The fraction of sp³-hybridized carbons (Fsp3) is 0.353. The highest BCUT2D eigenvalue weighted by atomic mass is 16.5. The highest BCUT2D eigenvalue weighted by molar-refractivity contribution is 5.71. The van der Waals surface area contributed by atoms with Crippen molar-refractivity contribution < 1.29 is 14.3 Å². The summed E-state index contributed by atoms with van der Waals surface area (Å²) >= 11 is 0. The van der Waals surface area contributed by atoms with E-state index in [0.717, 1.165) is 36.3 Å². The van der Waals surface area contributed by atoms with Gasteiger partial charge in [-0.25, -0.2) is 4.98 Å². The van der Waals surface area contributed by atoms with Crippen LogP contribution >= 0.6 is 0 Å². The third kappa shape index (κ3) is 2.37. The van der Waals surface area contributed by atoms with Gasteiger partial charge in [-0.1, -0.05) is 6.07 Å². The van der Waals surface area contributed by atoms with Crippen LogP contribution in [0, 0.1) is 6.92 Å². The number of methoxy groups -OCH3 is 1. The van der Waals surface area contributed by atoms with E-state index in [1.165, 1.54) is 0 Å². The number of hydrogen-bond acceptors (Lipinski definition) is 6. The fourth-order valence-corrected chi connectivity index (χ4v) is 3.09. The van der Waals surface area contributed by atoms with Crippen LogP contribution in [0.4, 0.5) is 0 Å². The number of fused-ring (bicyclic) bond motifs is 1. The lowest BCUT2D eigenvalue weighted by molar-refractivity contribution is 0.134. The lowest BCUT2D eigenvalue weighted by atomic mass is 10.1. The van der Waals surface area contributed by atoms with E-state index in [2.05, 4.69) is 15.2 Å². The number of aliphatic hydroxyl groups is 1. The van der Waals surface area contributed by atoms with Crippen LogP contribution in [-0.4, -0.2) is 32.0 Å². The summed E-state index contributed by atoms with van der Waals surface area (Å²) in [5, 5.41) is 18.5. The zero-order valence-corrected chi connectivity index (χ0v) is 13.6. The molecular formula is C17H18N4O3. The molecule has 2 aromatic heterocycles. The van der Waals surface area contributed by atoms with Crippen LogP contribution < -0.4 is 4.74 Å². The molecule has 0 saturated carbocycles. The van der Waals surface area contributed by atoms with E-state index in [1.54, 1.807) is 20.2 Å². The second-order valence-electron chi connectivity index (χ2n) is 5.85. The molecule has 7 heteroatoms. The highest BCUT2D eigenvalue weighted by Crippen LogP contribution is 2.35. The second kappa shape index (κ2) is 5.76. The summed E-state index contributed by atoms with van der Waals surface area (Å²) in [5.41, 5.74) is 1.72. The maximum absolute atomic E-state index is 10.1. The molecule has 1 atom stereocenters. The third-order valence-corrected chi connectivity index (χ3v) is 4.28. The molecule has 1 N–H and O–H groups in total. The van der Waals surface area contributed by atoms with Gasteiger partial charge < -0.3 is 18.8 Å². The summed E-state index contributed by atoms with van der Waals surface area (Å²) in [6, 6.07) is 5.79. The van der Waals surface area contributed by atoms with Crippen molar-refractivity contribution in [3.8, 4) is 28.5 Å². The zero-order chi connectivity index (χ0) is 16.7. The minimum atomic E-state index is -0.543. The van der Waals surface area contributed by atoms with Crippen LogP contribution in [0.2, 0.25) is 0 Å². The van der Waals surface area contributed by atoms with Crippen molar-refractivity contribution in [1.82, 2.24) is 19.7 Å². The topological polar surface area (TPSA) is 86.2 Å². The molecule has 1 unspecified atom stereocenters. The van der Waals surface area contributed by atoms with Crippen molar-refractivity contribution >= 4 is 0 Å². The minimum absolute atomic E-state index is 0.543. The molecule has 0 spiro atoms. The quantitative estimate of drug-likeness (QED) is 0.796. The van der Waals surface area contributed by atoms with Crippen molar-refractivity contribution in [2.45, 2.75) is 32.4 Å². The number of aromatic nitrogens is 4. The van der Waals surface area contributed by atoms with Crippen LogP contribution in [-0.2, 0) is 6.54 Å². The van der Waals surface area contributed by atoms with Crippen molar-refractivity contribution in [3.63, 3.8) is 0 Å². The average Bonchev–Trinajstić information content (AvgIpc) is 3.21. The Morgan fingerprint density at radius 1 is 1.33 bits per heavy atom. The number of hydrogen-bond donors (Lipinski definition) is 1. The fourth-order valence-electron chi connectivity index (χ4n) is 3.09. The number of oxazole rings is 1. The van der Waals surface area contributed by atoms with E-state index in [9.17, 15) is 5.11 Å². The lowest BCUT2D eigenvalue weighted by Crippen LogP contribution is -2.16. The van der Waals surface area contributed by atoms with Gasteiger partial charge in [-0.05, 0) is 25.0 Å². The first-order valence-corrected chi connectivity index (χ1v) is 7.89. The molecule has 0 amide bonds. The number of rotatable bonds is 3. The van der Waals surface area contributed by atoms with Gasteiger partial charge in [0.25, 0.3) is 0 Å². The Labute approximate surface area is 138 Å². The number of nitrogens with zero attached hydrogens (tertiary/aromatic N) is 4. The molecule has 0 radical (unpaired) electrons. The Morgan fingerprint density at radius 2 is 2.21 bits per heavy atom. The lowest BCUT2D eigenvalue weighted by Gasteiger charge is -2.19. The van der Waals surface area contributed by atoms with Crippen molar-refractivity contribution in [2.75, 3.05) is 7.11 Å². The van der Waals surface area contributed by atoms with Crippen molar-refractivity contribution in [2.24, 2.45) is 0 Å². The first-order valence-electron chi connectivity index (χ1n) is 7.89. The van der Waals surface area contributed by atoms with Crippen molar-refractivity contribution in [3.05, 3.63) is 36.1 Å². The normalized spacial score (nSPS) is 16.9. The van der Waals surface area contributed by atoms with Gasteiger partial charge in [-0.15, -0.1) is 10.2 Å². The van der Waals surface area contributed by atoms with Crippen LogP contribution in [0.1, 0.15) is 30.7 Å².